The van der Waals surface area contributed by atoms with Crippen LogP contribution >= 0.6 is 0 Å². The number of anilines is 1. The van der Waals surface area contributed by atoms with E-state index in [1.807, 2.05) is 0 Å². The molecule has 6 nitrogen and oxygen atoms in total. The lowest BCUT2D eigenvalue weighted by Gasteiger charge is -2.28. The van der Waals surface area contributed by atoms with E-state index in [4.69, 9.17) is 0 Å². The summed E-state index contributed by atoms with van der Waals surface area (Å²) >= 11 is 0. The molecule has 8 heteroatoms. The van der Waals surface area contributed by atoms with Crippen LogP contribution in [0.4, 0.5) is 14.7 Å². The van der Waals surface area contributed by atoms with Crippen molar-refractivity contribution in [1.82, 2.24) is 14.8 Å². The first-order chi connectivity index (χ1) is 11.0. The van der Waals surface area contributed by atoms with E-state index in [-0.39, 0.29) is 11.5 Å². The molecule has 1 unspecified atom stereocenters. The molecular formula is C15H14F2N4O2. The molecule has 120 valence electrons. The summed E-state index contributed by atoms with van der Waals surface area (Å²) < 4.78 is 30.4. The Morgan fingerprint density at radius 2 is 2.04 bits per heavy atom. The number of allylic oxidation sites excluding steroid dienone is 2. The number of nitrogens with one attached hydrogen (secondary N) is 1. The third kappa shape index (κ3) is 2.79. The molecule has 2 aromatic rings. The van der Waals surface area contributed by atoms with Crippen molar-refractivity contribution in [3.63, 3.8) is 0 Å². The lowest BCUT2D eigenvalue weighted by atomic mass is 9.93. The van der Waals surface area contributed by atoms with Gasteiger partial charge in [0.05, 0.1) is 0 Å². The Morgan fingerprint density at radius 3 is 2.65 bits per heavy atom. The predicted molar refractivity (Wildman–Crippen MR) is 78.2 cm³/mol. The molecule has 2 heterocycles. The summed E-state index contributed by atoms with van der Waals surface area (Å²) in [7, 11) is 0. The van der Waals surface area contributed by atoms with E-state index in [9.17, 15) is 13.6 Å². The highest BCUT2D eigenvalue weighted by Gasteiger charge is 2.31. The number of carbonyl (C=O) groups is 1. The summed E-state index contributed by atoms with van der Waals surface area (Å²) in [6, 6.07) is 5.68. The zero-order chi connectivity index (χ0) is 16.6. The number of rotatable bonds is 4. The Bertz CT molecular complexity index is 768. The Hall–Kier alpha value is -2.77. The highest BCUT2D eigenvalue weighted by Crippen LogP contribution is 2.35. The van der Waals surface area contributed by atoms with Crippen LogP contribution in [-0.4, -0.2) is 27.2 Å². The van der Waals surface area contributed by atoms with E-state index in [1.54, 1.807) is 23.7 Å². The minimum absolute atomic E-state index is 0.0570. The number of fused-ring (bicyclic) bond motifs is 1. The van der Waals surface area contributed by atoms with Crippen molar-refractivity contribution in [2.75, 3.05) is 5.32 Å². The van der Waals surface area contributed by atoms with Crippen molar-refractivity contribution < 1.29 is 18.3 Å². The normalized spacial score (nSPS) is 17.0. The van der Waals surface area contributed by atoms with Crippen LogP contribution in [0.15, 0.2) is 41.9 Å². The molecule has 1 aromatic heterocycles. The van der Waals surface area contributed by atoms with Gasteiger partial charge in [-0.3, -0.25) is 4.79 Å². The topological polar surface area (TPSA) is 69.0 Å². The van der Waals surface area contributed by atoms with Crippen LogP contribution in [-0.2, 0) is 4.79 Å². The summed E-state index contributed by atoms with van der Waals surface area (Å²) in [6.07, 6.45) is 1.39. The maximum absolute atomic E-state index is 12.2. The van der Waals surface area contributed by atoms with Crippen molar-refractivity contribution in [2.45, 2.75) is 26.5 Å². The fourth-order valence-corrected chi connectivity index (χ4v) is 2.69. The van der Waals surface area contributed by atoms with Gasteiger partial charge in [-0.15, -0.1) is 0 Å². The van der Waals surface area contributed by atoms with E-state index in [0.29, 0.717) is 17.2 Å². The van der Waals surface area contributed by atoms with Crippen LogP contribution in [0.2, 0.25) is 0 Å². The Morgan fingerprint density at radius 1 is 1.35 bits per heavy atom. The highest BCUT2D eigenvalue weighted by atomic mass is 19.3. The first-order valence-corrected chi connectivity index (χ1v) is 6.90. The lowest BCUT2D eigenvalue weighted by Crippen LogP contribution is -2.27. The molecule has 0 saturated carbocycles. The first-order valence-electron chi connectivity index (χ1n) is 6.90. The van der Waals surface area contributed by atoms with Gasteiger partial charge in [-0.2, -0.15) is 18.9 Å². The van der Waals surface area contributed by atoms with Gasteiger partial charge in [0.2, 0.25) is 5.95 Å². The lowest BCUT2D eigenvalue weighted by molar-refractivity contribution is -0.114. The Kier molecular flexibility index (Phi) is 3.81. The number of Topliss-reactive ketones (excluding diaryl/α,β-unsaturated/α-hetero) is 1. The summed E-state index contributed by atoms with van der Waals surface area (Å²) in [6.45, 7) is 0.386. The molecule has 1 aliphatic rings. The van der Waals surface area contributed by atoms with Crippen molar-refractivity contribution in [1.29, 1.82) is 0 Å². The molecule has 3 rings (SSSR count). The van der Waals surface area contributed by atoms with E-state index < -0.39 is 12.7 Å². The van der Waals surface area contributed by atoms with Gasteiger partial charge in [-0.05, 0) is 31.5 Å². The minimum atomic E-state index is -2.88. The van der Waals surface area contributed by atoms with Gasteiger partial charge in [0.15, 0.2) is 5.78 Å². The zero-order valence-corrected chi connectivity index (χ0v) is 12.5. The fourth-order valence-electron chi connectivity index (χ4n) is 2.69. The zero-order valence-electron chi connectivity index (χ0n) is 12.5. The number of carbonyl (C=O) groups excluding carboxylic acids is 1. The second-order valence-electron chi connectivity index (χ2n) is 5.10. The number of benzene rings is 1. The third-order valence-corrected chi connectivity index (χ3v) is 3.59. The van der Waals surface area contributed by atoms with Crippen LogP contribution in [0.3, 0.4) is 0 Å². The average molecular weight is 320 g/mol. The quantitative estimate of drug-likeness (QED) is 0.938. The van der Waals surface area contributed by atoms with E-state index in [0.717, 1.165) is 5.56 Å². The molecule has 23 heavy (non-hydrogen) atoms. The van der Waals surface area contributed by atoms with Gasteiger partial charge in [-0.25, -0.2) is 4.68 Å². The fraction of sp³-hybridized carbons (Fsp3) is 0.267. The largest absolute Gasteiger partial charge is 0.435 e. The van der Waals surface area contributed by atoms with Crippen molar-refractivity contribution in [3.8, 4) is 5.75 Å². The molecule has 0 radical (unpaired) electrons. The minimum Gasteiger partial charge on any atom is -0.435 e. The van der Waals surface area contributed by atoms with Gasteiger partial charge in [0.1, 0.15) is 18.1 Å². The number of ketones is 1. The molecule has 0 aliphatic carbocycles. The van der Waals surface area contributed by atoms with Gasteiger partial charge in [0, 0.05) is 11.3 Å². The summed E-state index contributed by atoms with van der Waals surface area (Å²) in [5.41, 5.74) is 1.96. The number of hydrogen-bond acceptors (Lipinski definition) is 5. The molecule has 0 fully saturated rings. The molecule has 1 atom stereocenters. The molecule has 1 aromatic carbocycles. The second kappa shape index (κ2) is 5.79. The van der Waals surface area contributed by atoms with Crippen LogP contribution in [0.25, 0.3) is 0 Å². The van der Waals surface area contributed by atoms with Gasteiger partial charge < -0.3 is 10.1 Å². The van der Waals surface area contributed by atoms with Crippen molar-refractivity contribution in [3.05, 3.63) is 47.4 Å². The van der Waals surface area contributed by atoms with Gasteiger partial charge in [0.25, 0.3) is 0 Å². The summed E-state index contributed by atoms with van der Waals surface area (Å²) in [4.78, 5) is 16.2. The Labute approximate surface area is 130 Å². The second-order valence-corrected chi connectivity index (χ2v) is 5.10. The average Bonchev–Trinajstić information content (AvgIpc) is 2.93. The number of halogens is 2. The van der Waals surface area contributed by atoms with Crippen LogP contribution in [0, 0.1) is 0 Å². The maximum Gasteiger partial charge on any atom is 0.387 e. The van der Waals surface area contributed by atoms with Crippen molar-refractivity contribution in [2.24, 2.45) is 0 Å². The van der Waals surface area contributed by atoms with Crippen LogP contribution in [0.1, 0.15) is 25.5 Å². The maximum atomic E-state index is 12.2. The van der Waals surface area contributed by atoms with Gasteiger partial charge >= 0.3 is 6.61 Å². The SMILES string of the molecule is CC(=O)C1=C(C)Nc2ncnn2C1c1ccc(OC(F)F)cc1. The summed E-state index contributed by atoms with van der Waals surface area (Å²) in [5, 5.41) is 7.19. The number of ether oxygens (including phenoxy) is 1. The number of alkyl halides is 2. The molecule has 1 aliphatic heterocycles. The molecule has 0 amide bonds. The Balaban J connectivity index is 2.04. The molecule has 0 bridgehead atoms. The smallest absolute Gasteiger partial charge is 0.387 e. The predicted octanol–water partition coefficient (Wildman–Crippen LogP) is 2.76. The summed E-state index contributed by atoms with van der Waals surface area (Å²) in [5.74, 6) is 0.473. The van der Waals surface area contributed by atoms with Crippen LogP contribution in [0.5, 0.6) is 5.75 Å². The van der Waals surface area contributed by atoms with E-state index in [2.05, 4.69) is 20.1 Å². The molecule has 0 saturated heterocycles. The number of aromatic nitrogens is 3. The molecule has 1 N–H and O–H groups in total. The molecule has 0 spiro atoms. The van der Waals surface area contributed by atoms with E-state index >= 15 is 0 Å². The first kappa shape index (κ1) is 15.1. The van der Waals surface area contributed by atoms with E-state index in [1.165, 1.54) is 25.4 Å². The van der Waals surface area contributed by atoms with Crippen molar-refractivity contribution >= 4 is 11.7 Å². The van der Waals surface area contributed by atoms with Gasteiger partial charge in [-0.1, -0.05) is 12.1 Å². The van der Waals surface area contributed by atoms with Crippen LogP contribution < -0.4 is 10.1 Å². The number of hydrogen-bond donors (Lipinski definition) is 1. The monoisotopic (exact) mass is 320 g/mol. The third-order valence-electron chi connectivity index (χ3n) is 3.59. The standard InChI is InChI=1S/C15H14F2N4O2/c1-8-12(9(2)22)13(21-15(20-8)18-7-19-21)10-3-5-11(6-4-10)23-14(16)17/h3-7,13-14H,1-2H3,(H,18,19,20). The number of nitrogens with zero attached hydrogens (tertiary/aromatic N) is 3. The highest BCUT2D eigenvalue weighted by molar-refractivity contribution is 5.96. The molecular weight excluding hydrogens is 306 g/mol.